The fraction of sp³-hybridized carbons (Fsp3) is 0.647. The van der Waals surface area contributed by atoms with Crippen molar-refractivity contribution in [2.75, 3.05) is 27.7 Å². The van der Waals surface area contributed by atoms with E-state index in [0.717, 1.165) is 12.8 Å². The molecule has 1 unspecified atom stereocenters. The summed E-state index contributed by atoms with van der Waals surface area (Å²) < 4.78 is 5.80. The van der Waals surface area contributed by atoms with E-state index in [1.165, 1.54) is 0 Å². The van der Waals surface area contributed by atoms with Crippen molar-refractivity contribution in [2.45, 2.75) is 45.1 Å². The first-order chi connectivity index (χ1) is 10.2. The van der Waals surface area contributed by atoms with Gasteiger partial charge in [-0.15, -0.1) is 0 Å². The Bertz CT molecular complexity index is 394. The van der Waals surface area contributed by atoms with Crippen LogP contribution in [0.1, 0.15) is 39.0 Å². The number of carbonyl (C=O) groups excluding carboxylic acids is 2. The van der Waals surface area contributed by atoms with E-state index in [4.69, 9.17) is 4.74 Å². The van der Waals surface area contributed by atoms with E-state index < -0.39 is 12.1 Å². The normalized spacial score (nSPS) is 13.6. The minimum atomic E-state index is -1.20. The van der Waals surface area contributed by atoms with Gasteiger partial charge in [0.1, 0.15) is 6.54 Å². The first-order valence-corrected chi connectivity index (χ1v) is 7.70. The summed E-state index contributed by atoms with van der Waals surface area (Å²) in [6.45, 7) is 2.42. The second kappa shape index (κ2) is 11.0. The number of quaternary nitrogens is 1. The van der Waals surface area contributed by atoms with Crippen molar-refractivity contribution in [3.8, 4) is 0 Å². The van der Waals surface area contributed by atoms with E-state index in [9.17, 15) is 14.7 Å². The lowest BCUT2D eigenvalue weighted by Crippen LogP contribution is -2.45. The topological polar surface area (TPSA) is 66.4 Å². The predicted octanol–water partition coefficient (Wildman–Crippen LogP) is 1.44. The van der Waals surface area contributed by atoms with Gasteiger partial charge in [0.25, 0.3) is 0 Å². The van der Waals surface area contributed by atoms with Crippen LogP contribution in [0, 0.1) is 0 Å². The highest BCUT2D eigenvalue weighted by atomic mass is 16.5. The SMILES string of the molecule is C/C=C/C/C=C/CCCC(=O)OC(CC(=O)[O-])C[N+](C)(C)C. The molecule has 0 aliphatic rings. The Balaban J connectivity index is 4.11. The van der Waals surface area contributed by atoms with E-state index in [1.54, 1.807) is 0 Å². The second-order valence-corrected chi connectivity index (χ2v) is 6.33. The van der Waals surface area contributed by atoms with Crippen molar-refractivity contribution < 1.29 is 23.9 Å². The van der Waals surface area contributed by atoms with Crippen molar-refractivity contribution in [3.63, 3.8) is 0 Å². The third-order valence-electron chi connectivity index (χ3n) is 2.87. The summed E-state index contributed by atoms with van der Waals surface area (Å²) in [5.74, 6) is -1.54. The number of ether oxygens (including phenoxy) is 1. The molecular formula is C17H29NO4. The molecule has 0 bridgehead atoms. The van der Waals surface area contributed by atoms with Crippen LogP contribution in [-0.4, -0.2) is 50.2 Å². The summed E-state index contributed by atoms with van der Waals surface area (Å²) >= 11 is 0. The van der Waals surface area contributed by atoms with Gasteiger partial charge in [-0.1, -0.05) is 24.3 Å². The summed E-state index contributed by atoms with van der Waals surface area (Å²) in [4.78, 5) is 22.5. The van der Waals surface area contributed by atoms with Crippen molar-refractivity contribution in [1.82, 2.24) is 0 Å². The van der Waals surface area contributed by atoms with Crippen molar-refractivity contribution in [2.24, 2.45) is 0 Å². The summed E-state index contributed by atoms with van der Waals surface area (Å²) in [6, 6.07) is 0. The van der Waals surface area contributed by atoms with Crippen LogP contribution < -0.4 is 5.11 Å². The fourth-order valence-electron chi connectivity index (χ4n) is 1.98. The molecule has 5 heteroatoms. The zero-order valence-corrected chi connectivity index (χ0v) is 14.2. The first-order valence-electron chi connectivity index (χ1n) is 7.70. The molecule has 0 aliphatic carbocycles. The molecule has 0 saturated carbocycles. The number of likely N-dealkylation sites (N-methyl/N-ethyl adjacent to an activating group) is 1. The molecule has 22 heavy (non-hydrogen) atoms. The Labute approximate surface area is 133 Å². The fourth-order valence-corrected chi connectivity index (χ4v) is 1.98. The minimum Gasteiger partial charge on any atom is -0.550 e. The summed E-state index contributed by atoms with van der Waals surface area (Å²) in [5.41, 5.74) is 0. The summed E-state index contributed by atoms with van der Waals surface area (Å²) in [5, 5.41) is 10.7. The molecule has 0 saturated heterocycles. The molecule has 0 spiro atoms. The number of unbranched alkanes of at least 4 members (excludes halogenated alkanes) is 1. The number of hydrogen-bond donors (Lipinski definition) is 0. The van der Waals surface area contributed by atoms with Crippen LogP contribution in [0.15, 0.2) is 24.3 Å². The molecule has 0 fully saturated rings. The molecule has 0 heterocycles. The minimum absolute atomic E-state index is 0.259. The van der Waals surface area contributed by atoms with Gasteiger partial charge in [-0.2, -0.15) is 0 Å². The van der Waals surface area contributed by atoms with E-state index in [1.807, 2.05) is 40.2 Å². The smallest absolute Gasteiger partial charge is 0.306 e. The molecule has 126 valence electrons. The Hall–Kier alpha value is -1.62. The highest BCUT2D eigenvalue weighted by molar-refractivity contribution is 5.70. The lowest BCUT2D eigenvalue weighted by molar-refractivity contribution is -0.873. The molecule has 0 aromatic rings. The number of carboxylic acids is 1. The van der Waals surface area contributed by atoms with Gasteiger partial charge in [-0.3, -0.25) is 4.79 Å². The number of rotatable bonds is 11. The number of nitrogens with zero attached hydrogens (tertiary/aromatic N) is 1. The number of carboxylic acid groups (broad SMARTS) is 1. The van der Waals surface area contributed by atoms with E-state index in [2.05, 4.69) is 12.2 Å². The molecule has 0 N–H and O–H groups in total. The maximum Gasteiger partial charge on any atom is 0.306 e. The Morgan fingerprint density at radius 1 is 1.18 bits per heavy atom. The summed E-state index contributed by atoms with van der Waals surface area (Å²) in [7, 11) is 5.77. The number of allylic oxidation sites excluding steroid dienone is 4. The van der Waals surface area contributed by atoms with E-state index in [0.29, 0.717) is 23.9 Å². The van der Waals surface area contributed by atoms with Gasteiger partial charge in [0.2, 0.25) is 0 Å². The van der Waals surface area contributed by atoms with Gasteiger partial charge in [-0.05, 0) is 26.2 Å². The number of esters is 1. The van der Waals surface area contributed by atoms with Crippen molar-refractivity contribution in [3.05, 3.63) is 24.3 Å². The van der Waals surface area contributed by atoms with Crippen LogP contribution in [-0.2, 0) is 14.3 Å². The molecule has 0 aromatic carbocycles. The Morgan fingerprint density at radius 2 is 1.86 bits per heavy atom. The van der Waals surface area contributed by atoms with Crippen molar-refractivity contribution >= 4 is 11.9 Å². The Kier molecular flexibility index (Phi) is 10.2. The predicted molar refractivity (Wildman–Crippen MR) is 84.8 cm³/mol. The zero-order chi connectivity index (χ0) is 17.0. The molecule has 0 aliphatic heterocycles. The van der Waals surface area contributed by atoms with Gasteiger partial charge < -0.3 is 19.1 Å². The maximum absolute atomic E-state index is 11.8. The van der Waals surface area contributed by atoms with Gasteiger partial charge in [-0.25, -0.2) is 0 Å². The van der Waals surface area contributed by atoms with Crippen LogP contribution in [0.2, 0.25) is 0 Å². The molecular weight excluding hydrogens is 282 g/mol. The maximum atomic E-state index is 11.8. The van der Waals surface area contributed by atoms with Gasteiger partial charge in [0.05, 0.1) is 21.1 Å². The quantitative estimate of drug-likeness (QED) is 0.251. The second-order valence-electron chi connectivity index (χ2n) is 6.33. The third-order valence-corrected chi connectivity index (χ3v) is 2.87. The van der Waals surface area contributed by atoms with Crippen LogP contribution in [0.3, 0.4) is 0 Å². The summed E-state index contributed by atoms with van der Waals surface area (Å²) in [6.07, 6.45) is 9.97. The van der Waals surface area contributed by atoms with E-state index in [-0.39, 0.29) is 12.4 Å². The third kappa shape index (κ3) is 13.4. The zero-order valence-electron chi connectivity index (χ0n) is 14.2. The highest BCUT2D eigenvalue weighted by Gasteiger charge is 2.22. The molecule has 0 radical (unpaired) electrons. The number of hydrogen-bond acceptors (Lipinski definition) is 4. The molecule has 1 atom stereocenters. The Morgan fingerprint density at radius 3 is 2.41 bits per heavy atom. The van der Waals surface area contributed by atoms with Gasteiger partial charge in [0, 0.05) is 18.8 Å². The van der Waals surface area contributed by atoms with Crippen LogP contribution in [0.4, 0.5) is 0 Å². The number of carbonyl (C=O) groups is 2. The first kappa shape index (κ1) is 20.4. The molecule has 0 rings (SSSR count). The largest absolute Gasteiger partial charge is 0.550 e. The van der Waals surface area contributed by atoms with Crippen LogP contribution >= 0.6 is 0 Å². The van der Waals surface area contributed by atoms with E-state index >= 15 is 0 Å². The average molecular weight is 311 g/mol. The molecule has 0 aromatic heterocycles. The average Bonchev–Trinajstić information content (AvgIpc) is 2.34. The highest BCUT2D eigenvalue weighted by Crippen LogP contribution is 2.08. The van der Waals surface area contributed by atoms with Gasteiger partial charge >= 0.3 is 5.97 Å². The van der Waals surface area contributed by atoms with Crippen LogP contribution in [0.25, 0.3) is 0 Å². The molecule has 5 nitrogen and oxygen atoms in total. The number of aliphatic carboxylic acids is 1. The standard InChI is InChI=1S/C17H29NO4/c1-5-6-7-8-9-10-11-12-17(21)22-15(13-16(19)20)14-18(2,3)4/h5-6,8-9,15H,7,10-14H2,1-4H3/b6-5+,9-8+. The van der Waals surface area contributed by atoms with Crippen LogP contribution in [0.5, 0.6) is 0 Å². The molecule has 0 amide bonds. The monoisotopic (exact) mass is 311 g/mol. The van der Waals surface area contributed by atoms with Gasteiger partial charge in [0.15, 0.2) is 6.10 Å². The lowest BCUT2D eigenvalue weighted by atomic mass is 10.2. The lowest BCUT2D eigenvalue weighted by Gasteiger charge is -2.29. The van der Waals surface area contributed by atoms with Crippen molar-refractivity contribution in [1.29, 1.82) is 0 Å².